The number of carbonyl (C=O) groups is 1. The number of hydrogen-bond donors (Lipinski definition) is 1. The van der Waals surface area contributed by atoms with Crippen LogP contribution >= 0.6 is 15.9 Å². The van der Waals surface area contributed by atoms with Crippen molar-refractivity contribution in [1.29, 1.82) is 0 Å². The molecule has 6 nitrogen and oxygen atoms in total. The maximum absolute atomic E-state index is 14.0. The Morgan fingerprint density at radius 2 is 1.72 bits per heavy atom. The van der Waals surface area contributed by atoms with Crippen LogP contribution in [-0.4, -0.2) is 27.2 Å². The Balaban J connectivity index is 1.66. The largest absolute Gasteiger partial charge is 0.484 e. The molecule has 0 saturated heterocycles. The Morgan fingerprint density at radius 1 is 1.03 bits per heavy atom. The maximum Gasteiger partial charge on any atom is 0.262 e. The highest BCUT2D eigenvalue weighted by molar-refractivity contribution is 9.10. The molecular weight excluding hydrogens is 506 g/mol. The summed E-state index contributed by atoms with van der Waals surface area (Å²) in [4.78, 5) is 12.0. The summed E-state index contributed by atoms with van der Waals surface area (Å²) in [6.45, 7) is -0.549. The molecule has 0 radical (unpaired) electrons. The van der Waals surface area contributed by atoms with Crippen LogP contribution in [-0.2, 0) is 21.4 Å². The normalized spacial score (nSPS) is 11.1. The van der Waals surface area contributed by atoms with Crippen molar-refractivity contribution in [3.63, 3.8) is 0 Å². The van der Waals surface area contributed by atoms with Gasteiger partial charge in [-0.2, -0.15) is 0 Å². The molecule has 168 valence electrons. The van der Waals surface area contributed by atoms with Gasteiger partial charge in [0.25, 0.3) is 5.91 Å². The lowest BCUT2D eigenvalue weighted by Crippen LogP contribution is -2.29. The summed E-state index contributed by atoms with van der Waals surface area (Å²) in [5.41, 5.74) is 0.564. The van der Waals surface area contributed by atoms with Crippen LogP contribution in [0.5, 0.6) is 5.75 Å². The zero-order valence-electron chi connectivity index (χ0n) is 16.9. The van der Waals surface area contributed by atoms with Gasteiger partial charge in [-0.1, -0.05) is 34.1 Å². The first-order valence-electron chi connectivity index (χ1n) is 9.32. The van der Waals surface area contributed by atoms with Gasteiger partial charge < -0.3 is 10.1 Å². The van der Waals surface area contributed by atoms with Crippen LogP contribution in [0.4, 0.5) is 20.2 Å². The smallest absolute Gasteiger partial charge is 0.262 e. The van der Waals surface area contributed by atoms with Crippen molar-refractivity contribution in [2.75, 3.05) is 22.5 Å². The summed E-state index contributed by atoms with van der Waals surface area (Å²) in [6, 6.07) is 16.1. The van der Waals surface area contributed by atoms with Gasteiger partial charge in [-0.3, -0.25) is 9.10 Å². The van der Waals surface area contributed by atoms with E-state index in [1.54, 1.807) is 12.1 Å². The molecule has 0 fully saturated rings. The quantitative estimate of drug-likeness (QED) is 0.463. The van der Waals surface area contributed by atoms with Crippen LogP contribution < -0.4 is 14.4 Å². The third-order valence-electron chi connectivity index (χ3n) is 4.37. The van der Waals surface area contributed by atoms with E-state index >= 15 is 0 Å². The van der Waals surface area contributed by atoms with Crippen LogP contribution in [0.1, 0.15) is 5.56 Å². The molecule has 3 aromatic rings. The fourth-order valence-electron chi connectivity index (χ4n) is 2.82. The molecule has 0 unspecified atom stereocenters. The van der Waals surface area contributed by atoms with Gasteiger partial charge in [-0.25, -0.2) is 17.2 Å². The van der Waals surface area contributed by atoms with Gasteiger partial charge in [0, 0.05) is 10.0 Å². The lowest BCUT2D eigenvalue weighted by molar-refractivity contribution is -0.118. The third kappa shape index (κ3) is 6.27. The predicted octanol–water partition coefficient (Wildman–Crippen LogP) is 4.71. The van der Waals surface area contributed by atoms with E-state index in [9.17, 15) is 22.0 Å². The number of rotatable bonds is 8. The second-order valence-electron chi connectivity index (χ2n) is 6.82. The van der Waals surface area contributed by atoms with Crippen molar-refractivity contribution in [2.45, 2.75) is 6.54 Å². The fraction of sp³-hybridized carbons (Fsp3) is 0.136. The Bertz CT molecular complexity index is 1220. The first-order chi connectivity index (χ1) is 15.1. The second-order valence-corrected chi connectivity index (χ2v) is 9.64. The highest BCUT2D eigenvalue weighted by Gasteiger charge is 2.19. The Kier molecular flexibility index (Phi) is 7.47. The van der Waals surface area contributed by atoms with Crippen LogP contribution in [0.15, 0.2) is 71.2 Å². The molecule has 0 heterocycles. The van der Waals surface area contributed by atoms with Gasteiger partial charge >= 0.3 is 0 Å². The van der Waals surface area contributed by atoms with Crippen molar-refractivity contribution in [3.8, 4) is 5.75 Å². The van der Waals surface area contributed by atoms with Crippen molar-refractivity contribution in [3.05, 3.63) is 88.4 Å². The van der Waals surface area contributed by atoms with Crippen molar-refractivity contribution in [2.24, 2.45) is 0 Å². The summed E-state index contributed by atoms with van der Waals surface area (Å²) in [5, 5.41) is 2.41. The maximum atomic E-state index is 14.0. The summed E-state index contributed by atoms with van der Waals surface area (Å²) >= 11 is 3.14. The molecule has 0 saturated carbocycles. The molecule has 1 N–H and O–H groups in total. The van der Waals surface area contributed by atoms with Gasteiger partial charge in [0.15, 0.2) is 6.61 Å². The minimum atomic E-state index is -3.69. The molecule has 3 aromatic carbocycles. The van der Waals surface area contributed by atoms with E-state index in [-0.39, 0.29) is 24.4 Å². The fourth-order valence-corrected chi connectivity index (χ4v) is 4.03. The van der Waals surface area contributed by atoms with E-state index in [0.717, 1.165) is 10.6 Å². The van der Waals surface area contributed by atoms with E-state index in [4.69, 9.17) is 4.74 Å². The monoisotopic (exact) mass is 524 g/mol. The summed E-state index contributed by atoms with van der Waals surface area (Å²) < 4.78 is 59.3. The predicted molar refractivity (Wildman–Crippen MR) is 122 cm³/mol. The summed E-state index contributed by atoms with van der Waals surface area (Å²) in [5.74, 6) is -1.35. The van der Waals surface area contributed by atoms with Crippen LogP contribution in [0.3, 0.4) is 0 Å². The highest BCUT2D eigenvalue weighted by atomic mass is 79.9. The van der Waals surface area contributed by atoms with Crippen molar-refractivity contribution >= 4 is 43.2 Å². The number of sulfonamides is 1. The zero-order valence-corrected chi connectivity index (χ0v) is 19.3. The van der Waals surface area contributed by atoms with Gasteiger partial charge in [0.05, 0.1) is 24.2 Å². The van der Waals surface area contributed by atoms with Gasteiger partial charge in [-0.15, -0.1) is 0 Å². The molecule has 0 spiro atoms. The van der Waals surface area contributed by atoms with Gasteiger partial charge in [0.2, 0.25) is 10.0 Å². The first-order valence-corrected chi connectivity index (χ1v) is 12.0. The van der Waals surface area contributed by atoms with Crippen LogP contribution in [0, 0.1) is 11.6 Å². The molecule has 32 heavy (non-hydrogen) atoms. The topological polar surface area (TPSA) is 75.7 Å². The lowest BCUT2D eigenvalue weighted by Gasteiger charge is -2.23. The minimum Gasteiger partial charge on any atom is -0.484 e. The molecular formula is C22H19BrF2N2O4S. The first kappa shape index (κ1) is 23.7. The lowest BCUT2D eigenvalue weighted by atomic mass is 10.2. The van der Waals surface area contributed by atoms with Gasteiger partial charge in [0.1, 0.15) is 17.4 Å². The number of halogens is 3. The number of ether oxygens (including phenoxy) is 1. The molecule has 1 amide bonds. The summed E-state index contributed by atoms with van der Waals surface area (Å²) in [7, 11) is -3.69. The Labute approximate surface area is 193 Å². The summed E-state index contributed by atoms with van der Waals surface area (Å²) in [6.07, 6.45) is 1.03. The zero-order chi connectivity index (χ0) is 23.3. The third-order valence-corrected chi connectivity index (χ3v) is 6.01. The SMILES string of the molecule is CS(=O)(=O)N(Cc1ccccc1F)c1ccc(OCC(=O)Nc2ccc(Br)cc2F)cc1. The van der Waals surface area contributed by atoms with E-state index in [2.05, 4.69) is 21.2 Å². The van der Waals surface area contributed by atoms with E-state index in [1.807, 2.05) is 0 Å². The number of nitrogens with zero attached hydrogens (tertiary/aromatic N) is 1. The Morgan fingerprint density at radius 3 is 2.34 bits per heavy atom. The van der Waals surface area contributed by atoms with Crippen molar-refractivity contribution in [1.82, 2.24) is 0 Å². The standard InChI is InChI=1S/C22H19BrF2N2O4S/c1-32(29,30)27(13-15-4-2-3-5-19(15)24)17-7-9-18(10-8-17)31-14-22(28)26-21-11-6-16(23)12-20(21)25/h2-12H,13-14H2,1H3,(H,26,28). The molecule has 0 aromatic heterocycles. The molecule has 0 atom stereocenters. The number of benzene rings is 3. The van der Waals surface area contributed by atoms with Crippen LogP contribution in [0.25, 0.3) is 0 Å². The molecule has 10 heteroatoms. The minimum absolute atomic E-state index is 0.0223. The molecule has 3 rings (SSSR count). The number of hydrogen-bond acceptors (Lipinski definition) is 4. The average molecular weight is 525 g/mol. The molecule has 0 aliphatic heterocycles. The van der Waals surface area contributed by atoms with Crippen LogP contribution in [0.2, 0.25) is 0 Å². The highest BCUT2D eigenvalue weighted by Crippen LogP contribution is 2.25. The number of carbonyl (C=O) groups excluding carboxylic acids is 1. The average Bonchev–Trinajstić information content (AvgIpc) is 2.73. The Hall–Kier alpha value is -2.98. The van der Waals surface area contributed by atoms with Gasteiger partial charge in [-0.05, 0) is 48.5 Å². The number of nitrogens with one attached hydrogen (secondary N) is 1. The number of amides is 1. The molecule has 0 aliphatic rings. The number of anilines is 2. The van der Waals surface area contributed by atoms with Crippen molar-refractivity contribution < 1.29 is 26.7 Å². The van der Waals surface area contributed by atoms with E-state index < -0.39 is 27.6 Å². The van der Waals surface area contributed by atoms with E-state index in [1.165, 1.54) is 54.6 Å². The second kappa shape index (κ2) is 10.1. The molecule has 0 bridgehead atoms. The van der Waals surface area contributed by atoms with E-state index in [0.29, 0.717) is 15.9 Å². The molecule has 0 aliphatic carbocycles.